The van der Waals surface area contributed by atoms with Gasteiger partial charge in [0.1, 0.15) is 5.82 Å². The predicted octanol–water partition coefficient (Wildman–Crippen LogP) is 3.17. The fraction of sp³-hybridized carbons (Fsp3) is 0.385. The Bertz CT molecular complexity index is 543. The number of rotatable bonds is 3. The molecule has 2 aromatic rings. The number of nitrogens with zero attached hydrogens (tertiary/aromatic N) is 3. The van der Waals surface area contributed by atoms with Gasteiger partial charge in [0.2, 0.25) is 5.28 Å². The van der Waals surface area contributed by atoms with Crippen molar-refractivity contribution in [2.75, 3.05) is 0 Å². The van der Waals surface area contributed by atoms with Crippen LogP contribution in [0.4, 0.5) is 0 Å². The van der Waals surface area contributed by atoms with E-state index in [1.807, 2.05) is 4.57 Å². The molecule has 3 rings (SSSR count). The van der Waals surface area contributed by atoms with Gasteiger partial charge in [0, 0.05) is 5.92 Å². The van der Waals surface area contributed by atoms with Crippen molar-refractivity contribution in [1.29, 1.82) is 0 Å². The Morgan fingerprint density at radius 3 is 2.76 bits per heavy atom. The minimum atomic E-state index is 0.496. The molecule has 0 aliphatic heterocycles. The fourth-order valence-corrected chi connectivity index (χ4v) is 2.23. The predicted molar refractivity (Wildman–Crippen MR) is 67.3 cm³/mol. The minimum Gasteiger partial charge on any atom is -0.297 e. The number of hydrogen-bond donors (Lipinski definition) is 0. The van der Waals surface area contributed by atoms with Crippen LogP contribution in [0.5, 0.6) is 0 Å². The summed E-state index contributed by atoms with van der Waals surface area (Å²) in [6.45, 7) is 2.88. The maximum atomic E-state index is 6.11. The summed E-state index contributed by atoms with van der Waals surface area (Å²) >= 11 is 6.11. The Morgan fingerprint density at radius 1 is 1.29 bits per heavy atom. The molecule has 4 heteroatoms. The van der Waals surface area contributed by atoms with Crippen LogP contribution in [-0.2, 0) is 6.54 Å². The third kappa shape index (κ3) is 2.07. The van der Waals surface area contributed by atoms with Crippen molar-refractivity contribution < 1.29 is 0 Å². The van der Waals surface area contributed by atoms with Crippen LogP contribution in [-0.4, -0.2) is 14.8 Å². The molecule has 3 nitrogen and oxygen atoms in total. The van der Waals surface area contributed by atoms with Crippen LogP contribution in [0, 0.1) is 6.92 Å². The first kappa shape index (κ1) is 10.8. The molecule has 0 amide bonds. The second-order valence-electron chi connectivity index (χ2n) is 4.61. The minimum absolute atomic E-state index is 0.496. The molecule has 1 aliphatic rings. The van der Waals surface area contributed by atoms with E-state index >= 15 is 0 Å². The summed E-state index contributed by atoms with van der Waals surface area (Å²) in [7, 11) is 0. The molecular formula is C13H14ClN3. The zero-order valence-electron chi connectivity index (χ0n) is 9.73. The van der Waals surface area contributed by atoms with Crippen LogP contribution in [0.15, 0.2) is 24.3 Å². The van der Waals surface area contributed by atoms with Gasteiger partial charge in [0.25, 0.3) is 0 Å². The van der Waals surface area contributed by atoms with Crippen molar-refractivity contribution in [2.45, 2.75) is 32.2 Å². The van der Waals surface area contributed by atoms with Gasteiger partial charge in [-0.05, 0) is 42.5 Å². The highest BCUT2D eigenvalue weighted by Gasteiger charge is 2.30. The summed E-state index contributed by atoms with van der Waals surface area (Å²) in [5.41, 5.74) is 2.55. The van der Waals surface area contributed by atoms with Gasteiger partial charge < -0.3 is 0 Å². The van der Waals surface area contributed by atoms with Crippen LogP contribution in [0.3, 0.4) is 0 Å². The molecule has 0 atom stereocenters. The molecule has 88 valence electrons. The molecule has 1 aromatic carbocycles. The van der Waals surface area contributed by atoms with Crippen molar-refractivity contribution in [3.63, 3.8) is 0 Å². The Hall–Kier alpha value is -1.35. The lowest BCUT2D eigenvalue weighted by atomic mass is 10.1. The van der Waals surface area contributed by atoms with E-state index in [1.165, 1.54) is 24.0 Å². The standard InChI is InChI=1S/C13H14ClN3/c1-9-4-2-3-5-11(9)8-17-12(10-6-7-10)15-16-13(17)14/h2-5,10H,6-8H2,1H3. The quantitative estimate of drug-likeness (QED) is 0.834. The normalized spacial score (nSPS) is 15.2. The lowest BCUT2D eigenvalue weighted by Crippen LogP contribution is -2.05. The van der Waals surface area contributed by atoms with E-state index in [2.05, 4.69) is 41.4 Å². The smallest absolute Gasteiger partial charge is 0.225 e. The van der Waals surface area contributed by atoms with Crippen LogP contribution in [0.1, 0.15) is 35.7 Å². The number of halogens is 1. The SMILES string of the molecule is Cc1ccccc1Cn1c(Cl)nnc1C1CC1. The highest BCUT2D eigenvalue weighted by atomic mass is 35.5. The summed E-state index contributed by atoms with van der Waals surface area (Å²) in [4.78, 5) is 0. The van der Waals surface area contributed by atoms with Gasteiger partial charge in [-0.2, -0.15) is 0 Å². The topological polar surface area (TPSA) is 30.7 Å². The Labute approximate surface area is 105 Å². The van der Waals surface area contributed by atoms with Gasteiger partial charge in [0.15, 0.2) is 0 Å². The van der Waals surface area contributed by atoms with E-state index in [-0.39, 0.29) is 0 Å². The second-order valence-corrected chi connectivity index (χ2v) is 4.95. The van der Waals surface area contributed by atoms with Gasteiger partial charge in [-0.25, -0.2) is 0 Å². The zero-order valence-corrected chi connectivity index (χ0v) is 10.5. The van der Waals surface area contributed by atoms with Crippen LogP contribution in [0.2, 0.25) is 5.28 Å². The summed E-state index contributed by atoms with van der Waals surface area (Å²) < 4.78 is 2.03. The van der Waals surface area contributed by atoms with E-state index in [0.29, 0.717) is 11.2 Å². The van der Waals surface area contributed by atoms with Crippen LogP contribution < -0.4 is 0 Å². The lowest BCUT2D eigenvalue weighted by Gasteiger charge is -2.09. The van der Waals surface area contributed by atoms with Crippen molar-refractivity contribution in [3.05, 3.63) is 46.5 Å². The second kappa shape index (κ2) is 4.15. The molecule has 0 spiro atoms. The van der Waals surface area contributed by atoms with E-state index in [4.69, 9.17) is 11.6 Å². The van der Waals surface area contributed by atoms with Crippen LogP contribution in [0.25, 0.3) is 0 Å². The fourth-order valence-electron chi connectivity index (χ4n) is 2.04. The molecule has 0 unspecified atom stereocenters. The van der Waals surface area contributed by atoms with Gasteiger partial charge in [-0.15, -0.1) is 10.2 Å². The molecular weight excluding hydrogens is 234 g/mol. The number of benzene rings is 1. The molecule has 17 heavy (non-hydrogen) atoms. The molecule has 1 saturated carbocycles. The number of aryl methyl sites for hydroxylation is 1. The summed E-state index contributed by atoms with van der Waals surface area (Å²) in [5.74, 6) is 1.61. The highest BCUT2D eigenvalue weighted by Crippen LogP contribution is 2.39. The Morgan fingerprint density at radius 2 is 2.06 bits per heavy atom. The first-order valence-electron chi connectivity index (χ1n) is 5.89. The first-order chi connectivity index (χ1) is 8.25. The van der Waals surface area contributed by atoms with E-state index in [1.54, 1.807) is 0 Å². The van der Waals surface area contributed by atoms with Crippen molar-refractivity contribution in [2.24, 2.45) is 0 Å². The van der Waals surface area contributed by atoms with Crippen molar-refractivity contribution in [1.82, 2.24) is 14.8 Å². The number of hydrogen-bond acceptors (Lipinski definition) is 2. The Kier molecular flexibility index (Phi) is 2.63. The van der Waals surface area contributed by atoms with Gasteiger partial charge in [-0.3, -0.25) is 4.57 Å². The van der Waals surface area contributed by atoms with Gasteiger partial charge in [-0.1, -0.05) is 24.3 Å². The monoisotopic (exact) mass is 247 g/mol. The lowest BCUT2D eigenvalue weighted by molar-refractivity contribution is 0.724. The molecule has 1 aliphatic carbocycles. The number of aromatic nitrogens is 3. The van der Waals surface area contributed by atoms with Gasteiger partial charge >= 0.3 is 0 Å². The average Bonchev–Trinajstić information content (AvgIpc) is 3.09. The molecule has 0 saturated heterocycles. The summed E-state index contributed by atoms with van der Waals surface area (Å²) in [6.07, 6.45) is 2.42. The Balaban J connectivity index is 1.94. The first-order valence-corrected chi connectivity index (χ1v) is 6.26. The zero-order chi connectivity index (χ0) is 11.8. The molecule has 0 radical (unpaired) electrons. The van der Waals surface area contributed by atoms with Crippen LogP contribution >= 0.6 is 11.6 Å². The van der Waals surface area contributed by atoms with E-state index in [9.17, 15) is 0 Å². The third-order valence-corrected chi connectivity index (χ3v) is 3.55. The molecule has 0 bridgehead atoms. The largest absolute Gasteiger partial charge is 0.297 e. The highest BCUT2D eigenvalue weighted by molar-refractivity contribution is 6.28. The third-order valence-electron chi connectivity index (χ3n) is 3.27. The van der Waals surface area contributed by atoms with Gasteiger partial charge in [0.05, 0.1) is 6.54 Å². The van der Waals surface area contributed by atoms with Crippen molar-refractivity contribution >= 4 is 11.6 Å². The maximum absolute atomic E-state index is 6.11. The summed E-state index contributed by atoms with van der Waals surface area (Å²) in [6, 6.07) is 8.35. The molecule has 0 N–H and O–H groups in total. The van der Waals surface area contributed by atoms with Crippen molar-refractivity contribution in [3.8, 4) is 0 Å². The maximum Gasteiger partial charge on any atom is 0.225 e. The molecule has 1 fully saturated rings. The van der Waals surface area contributed by atoms with E-state index in [0.717, 1.165) is 12.4 Å². The average molecular weight is 248 g/mol. The molecule has 1 aromatic heterocycles. The van der Waals surface area contributed by atoms with E-state index < -0.39 is 0 Å². The summed E-state index contributed by atoms with van der Waals surface area (Å²) in [5, 5.41) is 8.66. The molecule has 1 heterocycles.